The first-order valence-corrected chi connectivity index (χ1v) is 16.3. The van der Waals surface area contributed by atoms with E-state index in [1.54, 1.807) is 19.3 Å². The fourth-order valence-corrected chi connectivity index (χ4v) is 9.81. The number of nitrogens with one attached hydrogen (secondary N) is 1. The van der Waals surface area contributed by atoms with E-state index < -0.39 is 44.6 Å². The van der Waals surface area contributed by atoms with Crippen molar-refractivity contribution in [2.75, 3.05) is 20.3 Å². The van der Waals surface area contributed by atoms with E-state index in [1.807, 2.05) is 19.1 Å². The molecule has 0 spiro atoms. The number of hydrogen-bond acceptors (Lipinski definition) is 7. The Hall–Kier alpha value is -1.36. The molecule has 5 aliphatic rings. The van der Waals surface area contributed by atoms with Crippen molar-refractivity contribution in [2.45, 2.75) is 93.8 Å². The Balaban J connectivity index is 1.41. The maximum absolute atomic E-state index is 14.1. The largest absolute Gasteiger partial charge is 0.391 e. The minimum atomic E-state index is -3.95. The summed E-state index contributed by atoms with van der Waals surface area (Å²) in [5, 5.41) is 23.9. The highest BCUT2D eigenvalue weighted by Crippen LogP contribution is 2.53. The molecule has 10 unspecified atom stereocenters. The van der Waals surface area contributed by atoms with Gasteiger partial charge in [-0.05, 0) is 86.8 Å². The lowest BCUT2D eigenvalue weighted by atomic mass is 9.73. The zero-order valence-electron chi connectivity index (χ0n) is 23.3. The SMILES string of the molecule is CCOCC1NC(O)C(S(=O)(=O)C2C=CC(C3C=CC(F)=C4CC43)CC2)C(O)C1C1=C(CC)CCCC1OC. The van der Waals surface area contributed by atoms with E-state index >= 15 is 0 Å². The van der Waals surface area contributed by atoms with Crippen LogP contribution in [0.2, 0.25) is 0 Å². The smallest absolute Gasteiger partial charge is 0.166 e. The Kier molecular flexibility index (Phi) is 8.86. The summed E-state index contributed by atoms with van der Waals surface area (Å²) in [4.78, 5) is 0. The van der Waals surface area contributed by atoms with Gasteiger partial charge in [0.1, 0.15) is 17.3 Å². The fraction of sp³-hybridized carbons (Fsp3) is 0.733. The molecule has 39 heavy (non-hydrogen) atoms. The van der Waals surface area contributed by atoms with E-state index in [1.165, 1.54) is 5.57 Å². The normalized spacial score (nSPS) is 40.7. The van der Waals surface area contributed by atoms with Crippen LogP contribution in [0.1, 0.15) is 58.8 Å². The summed E-state index contributed by atoms with van der Waals surface area (Å²) in [6.45, 7) is 4.68. The van der Waals surface area contributed by atoms with Crippen LogP contribution in [0.4, 0.5) is 4.39 Å². The highest BCUT2D eigenvalue weighted by Gasteiger charge is 2.54. The van der Waals surface area contributed by atoms with Crippen molar-refractivity contribution in [3.8, 4) is 0 Å². The van der Waals surface area contributed by atoms with Crippen LogP contribution in [0.5, 0.6) is 0 Å². The topological polar surface area (TPSA) is 105 Å². The van der Waals surface area contributed by atoms with Gasteiger partial charge in [-0.1, -0.05) is 30.7 Å². The van der Waals surface area contributed by atoms with Crippen LogP contribution < -0.4 is 5.32 Å². The number of halogens is 1. The fourth-order valence-electron chi connectivity index (χ4n) is 7.63. The third kappa shape index (κ3) is 5.47. The minimum Gasteiger partial charge on any atom is -0.391 e. The second-order valence-electron chi connectivity index (χ2n) is 11.8. The maximum atomic E-state index is 14.1. The Morgan fingerprint density at radius 1 is 1.13 bits per heavy atom. The molecule has 4 aliphatic carbocycles. The molecule has 1 heterocycles. The predicted molar refractivity (Wildman–Crippen MR) is 148 cm³/mol. The second kappa shape index (κ2) is 11.9. The molecule has 2 fully saturated rings. The first-order chi connectivity index (χ1) is 18.7. The minimum absolute atomic E-state index is 0.114. The van der Waals surface area contributed by atoms with E-state index in [9.17, 15) is 23.0 Å². The number of allylic oxidation sites excluding steroid dienone is 6. The lowest BCUT2D eigenvalue weighted by Gasteiger charge is -2.47. The van der Waals surface area contributed by atoms with Gasteiger partial charge in [0.2, 0.25) is 0 Å². The van der Waals surface area contributed by atoms with E-state index in [-0.39, 0.29) is 36.3 Å². The number of hydrogen-bond donors (Lipinski definition) is 3. The van der Waals surface area contributed by atoms with E-state index in [0.29, 0.717) is 19.4 Å². The number of ether oxygens (including phenoxy) is 2. The average molecular weight is 566 g/mol. The molecule has 5 rings (SSSR count). The first-order valence-electron chi connectivity index (χ1n) is 14.6. The quantitative estimate of drug-likeness (QED) is 0.366. The first kappa shape index (κ1) is 29.1. The molecule has 1 saturated carbocycles. The van der Waals surface area contributed by atoms with Crippen LogP contribution in [0.3, 0.4) is 0 Å². The van der Waals surface area contributed by atoms with Gasteiger partial charge in [0.15, 0.2) is 9.84 Å². The van der Waals surface area contributed by atoms with Crippen molar-refractivity contribution in [3.63, 3.8) is 0 Å². The summed E-state index contributed by atoms with van der Waals surface area (Å²) in [5.41, 5.74) is 3.04. The van der Waals surface area contributed by atoms with Crippen molar-refractivity contribution in [3.05, 3.63) is 46.9 Å². The molecule has 0 amide bonds. The predicted octanol–water partition coefficient (Wildman–Crippen LogP) is 3.74. The molecule has 0 radical (unpaired) electrons. The molecule has 0 aromatic carbocycles. The Bertz CT molecular complexity index is 1150. The van der Waals surface area contributed by atoms with Crippen LogP contribution in [-0.4, -0.2) is 73.9 Å². The number of fused-ring (bicyclic) bond motifs is 1. The van der Waals surface area contributed by atoms with Gasteiger partial charge in [-0.15, -0.1) is 0 Å². The van der Waals surface area contributed by atoms with Crippen LogP contribution in [0.25, 0.3) is 0 Å². The van der Waals surface area contributed by atoms with Crippen LogP contribution in [0.15, 0.2) is 46.9 Å². The summed E-state index contributed by atoms with van der Waals surface area (Å²) < 4.78 is 53.5. The van der Waals surface area contributed by atoms with Gasteiger partial charge in [-0.25, -0.2) is 12.8 Å². The third-order valence-corrected chi connectivity index (χ3v) is 12.3. The van der Waals surface area contributed by atoms with Crippen LogP contribution >= 0.6 is 0 Å². The number of piperidine rings is 1. The molecule has 9 heteroatoms. The van der Waals surface area contributed by atoms with Gasteiger partial charge in [0.05, 0.1) is 24.1 Å². The molecule has 218 valence electrons. The molecule has 10 atom stereocenters. The Morgan fingerprint density at radius 3 is 2.59 bits per heavy atom. The van der Waals surface area contributed by atoms with Gasteiger partial charge in [-0.3, -0.25) is 5.32 Å². The standard InChI is InChI=1S/C30H44FNO6S/c1-4-17-7-6-8-25(37-3)26(17)27-24(16-38-5-2)32-30(34)29(28(27)33)39(35,36)19-11-9-18(10-12-19)20-13-14-23(31)22-15-21(20)22/h9,11,13-14,18-21,24-25,27-30,32-34H,4-8,10,12,15-16H2,1-3H3. The number of aliphatic hydroxyl groups excluding tert-OH is 2. The van der Waals surface area contributed by atoms with E-state index in [2.05, 4.69) is 12.2 Å². The molecular weight excluding hydrogens is 521 g/mol. The van der Waals surface area contributed by atoms with Crippen molar-refractivity contribution in [1.82, 2.24) is 5.32 Å². The Morgan fingerprint density at radius 2 is 1.92 bits per heavy atom. The van der Waals surface area contributed by atoms with Crippen LogP contribution in [-0.2, 0) is 19.3 Å². The van der Waals surface area contributed by atoms with E-state index in [4.69, 9.17) is 9.47 Å². The van der Waals surface area contributed by atoms with Crippen molar-refractivity contribution >= 4 is 9.84 Å². The highest BCUT2D eigenvalue weighted by molar-refractivity contribution is 7.92. The summed E-state index contributed by atoms with van der Waals surface area (Å²) in [7, 11) is -2.30. The van der Waals surface area contributed by atoms with Crippen LogP contribution in [0, 0.1) is 23.7 Å². The third-order valence-electron chi connectivity index (χ3n) is 9.72. The van der Waals surface area contributed by atoms with Gasteiger partial charge in [-0.2, -0.15) is 0 Å². The maximum Gasteiger partial charge on any atom is 0.166 e. The van der Waals surface area contributed by atoms with Gasteiger partial charge < -0.3 is 19.7 Å². The van der Waals surface area contributed by atoms with Crippen molar-refractivity contribution < 1.29 is 32.5 Å². The monoisotopic (exact) mass is 565 g/mol. The molecule has 1 saturated heterocycles. The molecule has 7 nitrogen and oxygen atoms in total. The number of sulfone groups is 1. The lowest BCUT2D eigenvalue weighted by Crippen LogP contribution is -2.67. The molecule has 1 aliphatic heterocycles. The van der Waals surface area contributed by atoms with Gasteiger partial charge in [0, 0.05) is 25.7 Å². The van der Waals surface area contributed by atoms with Crippen molar-refractivity contribution in [2.24, 2.45) is 23.7 Å². The molecule has 3 N–H and O–H groups in total. The Labute approximate surface area is 232 Å². The van der Waals surface area contributed by atoms with Crippen molar-refractivity contribution in [1.29, 1.82) is 0 Å². The molecule has 0 aromatic rings. The summed E-state index contributed by atoms with van der Waals surface area (Å²) in [6, 6.07) is -0.445. The zero-order chi connectivity index (χ0) is 27.9. The molecular formula is C30H44FNO6S. The summed E-state index contributed by atoms with van der Waals surface area (Å²) in [6.07, 6.45) is 9.59. The van der Waals surface area contributed by atoms with Gasteiger partial charge in [0.25, 0.3) is 0 Å². The summed E-state index contributed by atoms with van der Waals surface area (Å²) in [5.74, 6) is -0.0726. The number of methoxy groups -OCH3 is 1. The summed E-state index contributed by atoms with van der Waals surface area (Å²) >= 11 is 0. The second-order valence-corrected chi connectivity index (χ2v) is 14.1. The highest BCUT2D eigenvalue weighted by atomic mass is 32.2. The van der Waals surface area contributed by atoms with E-state index in [0.717, 1.165) is 43.3 Å². The number of rotatable bonds is 9. The molecule has 0 bridgehead atoms. The average Bonchev–Trinajstić information content (AvgIpc) is 3.74. The van der Waals surface area contributed by atoms with Gasteiger partial charge >= 0.3 is 0 Å². The number of aliphatic hydroxyl groups is 2. The zero-order valence-corrected chi connectivity index (χ0v) is 24.1. The molecule has 0 aromatic heterocycles. The lowest BCUT2D eigenvalue weighted by molar-refractivity contribution is -0.0455.